The Bertz CT molecular complexity index is 562. The molecule has 1 fully saturated rings. The summed E-state index contributed by atoms with van der Waals surface area (Å²) in [5.41, 5.74) is 0.407. The number of carboxylic acids is 1. The molecule has 0 radical (unpaired) electrons. The molecular weight excluding hydrogens is 280 g/mol. The van der Waals surface area contributed by atoms with Crippen LogP contribution in [0.2, 0.25) is 0 Å². The largest absolute Gasteiger partial charge is 0.496 e. The minimum absolute atomic E-state index is 0.109. The summed E-state index contributed by atoms with van der Waals surface area (Å²) < 4.78 is 10.3. The molecule has 0 bridgehead atoms. The third-order valence-electron chi connectivity index (χ3n) is 3.59. The van der Waals surface area contributed by atoms with Gasteiger partial charge in [-0.1, -0.05) is 0 Å². The van der Waals surface area contributed by atoms with E-state index in [1.54, 1.807) is 18.0 Å². The topological polar surface area (TPSA) is 102 Å². The van der Waals surface area contributed by atoms with Gasteiger partial charge in [0.15, 0.2) is 0 Å². The molecule has 1 saturated heterocycles. The second-order valence-electron chi connectivity index (χ2n) is 4.81. The standard InChI is InChI=1S/C13H16N2O6/c1-14(12-7-21-6-11(12)13(16)17)8-3-9(15(18)19)5-10(4-8)20-2/h3-5,11-12H,6-7H2,1-2H3,(H,16,17). The van der Waals surface area contributed by atoms with Crippen LogP contribution in [-0.2, 0) is 9.53 Å². The maximum atomic E-state index is 11.2. The van der Waals surface area contributed by atoms with Gasteiger partial charge in [-0.15, -0.1) is 0 Å². The first-order chi connectivity index (χ1) is 9.93. The Morgan fingerprint density at radius 3 is 2.76 bits per heavy atom. The summed E-state index contributed by atoms with van der Waals surface area (Å²) in [5, 5.41) is 20.1. The van der Waals surface area contributed by atoms with Gasteiger partial charge in [0.05, 0.1) is 37.4 Å². The molecule has 8 nitrogen and oxygen atoms in total. The number of methoxy groups -OCH3 is 1. The van der Waals surface area contributed by atoms with Gasteiger partial charge < -0.3 is 19.5 Å². The molecule has 0 aromatic heterocycles. The van der Waals surface area contributed by atoms with Crippen molar-refractivity contribution < 1.29 is 24.3 Å². The van der Waals surface area contributed by atoms with Crippen molar-refractivity contribution in [3.05, 3.63) is 28.3 Å². The molecular formula is C13H16N2O6. The Hall–Kier alpha value is -2.35. The normalized spacial score (nSPS) is 21.0. The highest BCUT2D eigenvalue weighted by Crippen LogP contribution is 2.31. The van der Waals surface area contributed by atoms with Crippen LogP contribution in [0.25, 0.3) is 0 Å². The van der Waals surface area contributed by atoms with E-state index in [9.17, 15) is 20.0 Å². The molecule has 21 heavy (non-hydrogen) atoms. The number of nitro benzene ring substituents is 1. The zero-order chi connectivity index (χ0) is 15.6. The van der Waals surface area contributed by atoms with Gasteiger partial charge in [-0.05, 0) is 0 Å². The summed E-state index contributed by atoms with van der Waals surface area (Å²) in [6, 6.07) is 3.95. The highest BCUT2D eigenvalue weighted by molar-refractivity contribution is 5.73. The van der Waals surface area contributed by atoms with Crippen LogP contribution in [-0.4, -0.2) is 49.4 Å². The molecule has 1 heterocycles. The highest BCUT2D eigenvalue weighted by Gasteiger charge is 2.37. The summed E-state index contributed by atoms with van der Waals surface area (Å²) in [6.45, 7) is 0.398. The van der Waals surface area contributed by atoms with Gasteiger partial charge in [0.2, 0.25) is 0 Å². The molecule has 0 amide bonds. The zero-order valence-corrected chi connectivity index (χ0v) is 11.7. The van der Waals surface area contributed by atoms with E-state index >= 15 is 0 Å². The maximum Gasteiger partial charge on any atom is 0.311 e. The third-order valence-corrected chi connectivity index (χ3v) is 3.59. The van der Waals surface area contributed by atoms with Crippen molar-refractivity contribution in [3.63, 3.8) is 0 Å². The number of likely N-dealkylation sites (N-methyl/N-ethyl adjacent to an activating group) is 1. The van der Waals surface area contributed by atoms with E-state index in [-0.39, 0.29) is 24.9 Å². The fraction of sp³-hybridized carbons (Fsp3) is 0.462. The number of benzene rings is 1. The summed E-state index contributed by atoms with van der Waals surface area (Å²) in [6.07, 6.45) is 0. The Morgan fingerprint density at radius 2 is 2.19 bits per heavy atom. The number of carboxylic acid groups (broad SMARTS) is 1. The van der Waals surface area contributed by atoms with Crippen molar-refractivity contribution in [2.24, 2.45) is 5.92 Å². The molecule has 1 aliphatic heterocycles. The smallest absolute Gasteiger partial charge is 0.311 e. The van der Waals surface area contributed by atoms with E-state index in [2.05, 4.69) is 0 Å². The van der Waals surface area contributed by atoms with Gasteiger partial charge in [0.25, 0.3) is 5.69 Å². The maximum absolute atomic E-state index is 11.2. The van der Waals surface area contributed by atoms with E-state index in [0.717, 1.165) is 0 Å². The molecule has 0 saturated carbocycles. The van der Waals surface area contributed by atoms with E-state index < -0.39 is 16.8 Å². The number of rotatable bonds is 5. The summed E-state index contributed by atoms with van der Waals surface area (Å²) in [7, 11) is 3.11. The summed E-state index contributed by atoms with van der Waals surface area (Å²) in [5.74, 6) is -1.26. The van der Waals surface area contributed by atoms with Crippen LogP contribution >= 0.6 is 0 Å². The van der Waals surface area contributed by atoms with Gasteiger partial charge in [-0.25, -0.2) is 0 Å². The molecule has 2 rings (SSSR count). The van der Waals surface area contributed by atoms with Crippen LogP contribution in [0, 0.1) is 16.0 Å². The lowest BCUT2D eigenvalue weighted by molar-refractivity contribution is -0.384. The Balaban J connectivity index is 2.33. The van der Waals surface area contributed by atoms with Crippen molar-refractivity contribution in [3.8, 4) is 5.75 Å². The Labute approximate surface area is 121 Å². The number of nitro groups is 1. The average molecular weight is 296 g/mol. The van der Waals surface area contributed by atoms with Gasteiger partial charge in [-0.3, -0.25) is 14.9 Å². The second-order valence-corrected chi connectivity index (χ2v) is 4.81. The lowest BCUT2D eigenvalue weighted by Crippen LogP contribution is -2.40. The molecule has 114 valence electrons. The highest BCUT2D eigenvalue weighted by atomic mass is 16.6. The number of nitrogens with zero attached hydrogens (tertiary/aromatic N) is 2. The molecule has 2 atom stereocenters. The van der Waals surface area contributed by atoms with E-state index in [4.69, 9.17) is 9.47 Å². The van der Waals surface area contributed by atoms with Crippen LogP contribution in [0.5, 0.6) is 5.75 Å². The van der Waals surface area contributed by atoms with Gasteiger partial charge >= 0.3 is 5.97 Å². The monoisotopic (exact) mass is 296 g/mol. The zero-order valence-electron chi connectivity index (χ0n) is 11.7. The second kappa shape index (κ2) is 5.96. The fourth-order valence-electron chi connectivity index (χ4n) is 2.35. The number of ether oxygens (including phenoxy) is 2. The van der Waals surface area contributed by atoms with Crippen LogP contribution in [0.4, 0.5) is 11.4 Å². The van der Waals surface area contributed by atoms with E-state index in [1.807, 2.05) is 0 Å². The number of anilines is 1. The van der Waals surface area contributed by atoms with Gasteiger partial charge in [0, 0.05) is 24.9 Å². The summed E-state index contributed by atoms with van der Waals surface area (Å²) >= 11 is 0. The lowest BCUT2D eigenvalue weighted by Gasteiger charge is -2.28. The quantitative estimate of drug-likeness (QED) is 0.642. The van der Waals surface area contributed by atoms with Gasteiger partial charge in [-0.2, -0.15) is 0 Å². The Morgan fingerprint density at radius 1 is 1.48 bits per heavy atom. The molecule has 0 spiro atoms. The predicted molar refractivity (Wildman–Crippen MR) is 73.8 cm³/mol. The van der Waals surface area contributed by atoms with E-state index in [0.29, 0.717) is 11.4 Å². The van der Waals surface area contributed by atoms with Crippen LogP contribution in [0.1, 0.15) is 0 Å². The number of hydrogen-bond donors (Lipinski definition) is 1. The van der Waals surface area contributed by atoms with Crippen molar-refractivity contribution in [2.45, 2.75) is 6.04 Å². The van der Waals surface area contributed by atoms with Gasteiger partial charge in [0.1, 0.15) is 11.7 Å². The predicted octanol–water partition coefficient (Wildman–Crippen LogP) is 1.14. The fourth-order valence-corrected chi connectivity index (χ4v) is 2.35. The molecule has 2 unspecified atom stereocenters. The van der Waals surface area contributed by atoms with Crippen molar-refractivity contribution in [1.82, 2.24) is 0 Å². The minimum atomic E-state index is -0.943. The van der Waals surface area contributed by atoms with Crippen LogP contribution in [0.15, 0.2) is 18.2 Å². The SMILES string of the molecule is COc1cc(N(C)C2COCC2C(=O)O)cc([N+](=O)[O-])c1. The van der Waals surface area contributed by atoms with Crippen molar-refractivity contribution in [1.29, 1.82) is 0 Å². The number of aliphatic carboxylic acids is 1. The van der Waals surface area contributed by atoms with Crippen LogP contribution < -0.4 is 9.64 Å². The molecule has 0 aliphatic carbocycles. The first-order valence-corrected chi connectivity index (χ1v) is 6.31. The average Bonchev–Trinajstić information content (AvgIpc) is 2.95. The third kappa shape index (κ3) is 3.05. The molecule has 1 aromatic rings. The number of non-ortho nitro benzene ring substituents is 1. The van der Waals surface area contributed by atoms with Crippen LogP contribution in [0.3, 0.4) is 0 Å². The number of hydrogen-bond acceptors (Lipinski definition) is 6. The molecule has 8 heteroatoms. The molecule has 1 aromatic carbocycles. The first kappa shape index (κ1) is 15.0. The molecule has 1 aliphatic rings. The number of carbonyl (C=O) groups is 1. The lowest BCUT2D eigenvalue weighted by atomic mass is 10.0. The van der Waals surface area contributed by atoms with E-state index in [1.165, 1.54) is 19.2 Å². The summed E-state index contributed by atoms with van der Waals surface area (Å²) in [4.78, 5) is 23.3. The van der Waals surface area contributed by atoms with Crippen molar-refractivity contribution in [2.75, 3.05) is 32.3 Å². The first-order valence-electron chi connectivity index (χ1n) is 6.31. The Kier molecular flexibility index (Phi) is 4.27. The molecule has 1 N–H and O–H groups in total. The minimum Gasteiger partial charge on any atom is -0.496 e. The van der Waals surface area contributed by atoms with Crippen molar-refractivity contribution >= 4 is 17.3 Å².